The third kappa shape index (κ3) is 2.40. The van der Waals surface area contributed by atoms with Crippen molar-refractivity contribution in [3.8, 4) is 0 Å². The lowest BCUT2D eigenvalue weighted by Crippen LogP contribution is -2.72. The SMILES string of the molecule is CC[C@@]1(O)CC[C@H]2[C@H]3C=C[C@]4(CCC[C@@H]1N24)[C@@H]1C(=C3)O/C(=C2/OC(=O)C(C)=C2OC)[C@H]1C. The smallest absolute Gasteiger partial charge is 0.343 e. The lowest BCUT2D eigenvalue weighted by Gasteiger charge is -2.63. The molecule has 1 N–H and O–H groups in total. The highest BCUT2D eigenvalue weighted by Gasteiger charge is 2.64. The Hall–Kier alpha value is -2.05. The summed E-state index contributed by atoms with van der Waals surface area (Å²) in [6, 6.07) is 0.577. The Labute approximate surface area is 189 Å². The zero-order valence-corrected chi connectivity index (χ0v) is 19.4. The number of hydrogen-bond donors (Lipinski definition) is 1. The van der Waals surface area contributed by atoms with E-state index in [2.05, 4.69) is 37.0 Å². The minimum atomic E-state index is -0.629. The molecule has 7 rings (SSSR count). The third-order valence-electron chi connectivity index (χ3n) is 9.20. The Morgan fingerprint density at radius 2 is 2.09 bits per heavy atom. The molecule has 0 aromatic heterocycles. The lowest BCUT2D eigenvalue weighted by atomic mass is 9.62. The fourth-order valence-corrected chi connectivity index (χ4v) is 7.69. The first-order chi connectivity index (χ1) is 15.3. The maximum Gasteiger partial charge on any atom is 0.343 e. The number of hydrogen-bond acceptors (Lipinski definition) is 6. The van der Waals surface area contributed by atoms with Gasteiger partial charge in [-0.05, 0) is 51.5 Å². The lowest BCUT2D eigenvalue weighted by molar-refractivity contribution is -0.169. The number of cyclic esters (lactones) is 1. The van der Waals surface area contributed by atoms with Crippen LogP contribution in [0, 0.1) is 17.8 Å². The van der Waals surface area contributed by atoms with Crippen LogP contribution >= 0.6 is 0 Å². The summed E-state index contributed by atoms with van der Waals surface area (Å²) in [6.45, 7) is 6.03. The molecule has 3 fully saturated rings. The average Bonchev–Trinajstić information content (AvgIpc) is 3.16. The molecule has 0 aromatic carbocycles. The number of carbonyl (C=O) groups is 1. The van der Waals surface area contributed by atoms with E-state index in [0.717, 1.165) is 44.3 Å². The summed E-state index contributed by atoms with van der Waals surface area (Å²) in [4.78, 5) is 15.0. The Bertz CT molecular complexity index is 1010. The molecule has 7 aliphatic rings. The Morgan fingerprint density at radius 1 is 1.28 bits per heavy atom. The highest BCUT2D eigenvalue weighted by Crippen LogP contribution is 2.60. The van der Waals surface area contributed by atoms with Crippen LogP contribution < -0.4 is 0 Å². The summed E-state index contributed by atoms with van der Waals surface area (Å²) in [5.41, 5.74) is -0.337. The molecule has 6 aliphatic heterocycles. The molecule has 32 heavy (non-hydrogen) atoms. The largest absolute Gasteiger partial charge is 0.492 e. The first kappa shape index (κ1) is 20.5. The maximum atomic E-state index is 12.3. The quantitative estimate of drug-likeness (QED) is 0.519. The van der Waals surface area contributed by atoms with Gasteiger partial charge in [-0.25, -0.2) is 4.79 Å². The number of ether oxygens (including phenoxy) is 3. The molecular formula is C26H33NO5. The number of methoxy groups -OCH3 is 1. The van der Waals surface area contributed by atoms with Crippen molar-refractivity contribution in [3.05, 3.63) is 46.8 Å². The number of rotatable bonds is 2. The van der Waals surface area contributed by atoms with Gasteiger partial charge < -0.3 is 19.3 Å². The van der Waals surface area contributed by atoms with Gasteiger partial charge in [0.2, 0.25) is 5.76 Å². The van der Waals surface area contributed by atoms with Crippen LogP contribution in [-0.4, -0.2) is 46.3 Å². The van der Waals surface area contributed by atoms with E-state index >= 15 is 0 Å². The van der Waals surface area contributed by atoms with Gasteiger partial charge in [-0.3, -0.25) is 4.90 Å². The second-order valence-corrected chi connectivity index (χ2v) is 10.5. The topological polar surface area (TPSA) is 68.2 Å². The van der Waals surface area contributed by atoms with Crippen LogP contribution in [-0.2, 0) is 19.0 Å². The molecule has 0 amide bonds. The van der Waals surface area contributed by atoms with Gasteiger partial charge in [-0.15, -0.1) is 0 Å². The molecule has 1 aliphatic carbocycles. The van der Waals surface area contributed by atoms with Gasteiger partial charge in [-0.1, -0.05) is 26.0 Å². The highest BCUT2D eigenvalue weighted by atomic mass is 16.6. The predicted octanol–water partition coefficient (Wildman–Crippen LogP) is 3.94. The molecule has 6 heteroatoms. The van der Waals surface area contributed by atoms with Crippen LogP contribution in [0.3, 0.4) is 0 Å². The van der Waals surface area contributed by atoms with Crippen LogP contribution in [0.25, 0.3) is 0 Å². The molecule has 6 heterocycles. The molecule has 7 atom stereocenters. The van der Waals surface area contributed by atoms with E-state index in [1.165, 1.54) is 0 Å². The van der Waals surface area contributed by atoms with Crippen LogP contribution in [0.4, 0.5) is 0 Å². The summed E-state index contributed by atoms with van der Waals surface area (Å²) >= 11 is 0. The van der Waals surface area contributed by atoms with Gasteiger partial charge in [0.25, 0.3) is 0 Å². The van der Waals surface area contributed by atoms with Gasteiger partial charge in [0.1, 0.15) is 5.76 Å². The number of aliphatic hydroxyl groups is 1. The van der Waals surface area contributed by atoms with Crippen LogP contribution in [0.1, 0.15) is 59.3 Å². The van der Waals surface area contributed by atoms with Gasteiger partial charge >= 0.3 is 5.97 Å². The Morgan fingerprint density at radius 3 is 2.84 bits per heavy atom. The first-order valence-electron chi connectivity index (χ1n) is 12.2. The van der Waals surface area contributed by atoms with E-state index in [1.54, 1.807) is 14.0 Å². The van der Waals surface area contributed by atoms with Crippen molar-refractivity contribution in [2.24, 2.45) is 17.8 Å². The van der Waals surface area contributed by atoms with Crippen molar-refractivity contribution < 1.29 is 24.1 Å². The average molecular weight is 440 g/mol. The van der Waals surface area contributed by atoms with Gasteiger partial charge in [-0.2, -0.15) is 0 Å². The zero-order chi connectivity index (χ0) is 22.4. The van der Waals surface area contributed by atoms with E-state index < -0.39 is 5.60 Å². The van der Waals surface area contributed by atoms with E-state index in [-0.39, 0.29) is 35.3 Å². The molecule has 1 spiro atoms. The monoisotopic (exact) mass is 439 g/mol. The van der Waals surface area contributed by atoms with Crippen molar-refractivity contribution >= 4 is 5.97 Å². The summed E-state index contributed by atoms with van der Waals surface area (Å²) < 4.78 is 17.7. The standard InChI is InChI=1S/C26H33NO5/c1-5-26(29)12-9-17-16-8-11-25(10-6-7-19(26)27(17)25)20-14(2)22(31-18(20)13-16)23-21(30-4)15(3)24(28)32-23/h8,11,13-14,16-17,19-20,29H,5-7,9-10,12H2,1-4H3/b23-22+/t14-,16-,17-,19-,20-,25+,26+/m0/s1. The molecule has 6 nitrogen and oxygen atoms in total. The fourth-order valence-electron chi connectivity index (χ4n) is 7.69. The Kier molecular flexibility index (Phi) is 4.32. The number of nitrogens with zero attached hydrogens (tertiary/aromatic N) is 1. The van der Waals surface area contributed by atoms with E-state index in [1.807, 2.05) is 0 Å². The molecular weight excluding hydrogens is 406 g/mol. The molecule has 0 aromatic rings. The van der Waals surface area contributed by atoms with Crippen LogP contribution in [0.2, 0.25) is 0 Å². The maximum absolute atomic E-state index is 12.3. The van der Waals surface area contributed by atoms with Crippen LogP contribution in [0.15, 0.2) is 46.8 Å². The van der Waals surface area contributed by atoms with Gasteiger partial charge in [0, 0.05) is 29.8 Å². The highest BCUT2D eigenvalue weighted by molar-refractivity contribution is 5.93. The van der Waals surface area contributed by atoms with Crippen molar-refractivity contribution in [2.75, 3.05) is 7.11 Å². The normalized spacial score (nSPS) is 47.0. The number of piperidine rings is 2. The van der Waals surface area contributed by atoms with E-state index in [9.17, 15) is 9.90 Å². The summed E-state index contributed by atoms with van der Waals surface area (Å²) in [6.07, 6.45) is 12.9. The van der Waals surface area contributed by atoms with Crippen molar-refractivity contribution in [1.29, 1.82) is 0 Å². The number of allylic oxidation sites excluding steroid dienone is 1. The molecule has 0 saturated carbocycles. The molecule has 0 radical (unpaired) electrons. The minimum absolute atomic E-state index is 0.0256. The minimum Gasteiger partial charge on any atom is -0.492 e. The third-order valence-corrected chi connectivity index (χ3v) is 9.20. The number of carbonyl (C=O) groups excluding carboxylic acids is 1. The molecule has 2 bridgehead atoms. The molecule has 0 unspecified atom stereocenters. The summed E-state index contributed by atoms with van der Waals surface area (Å²) in [7, 11) is 1.57. The van der Waals surface area contributed by atoms with Crippen molar-refractivity contribution in [3.63, 3.8) is 0 Å². The number of esters is 1. The second kappa shape index (κ2) is 6.73. The Balaban J connectivity index is 1.49. The van der Waals surface area contributed by atoms with E-state index in [4.69, 9.17) is 14.2 Å². The van der Waals surface area contributed by atoms with Gasteiger partial charge in [0.15, 0.2) is 11.5 Å². The summed E-state index contributed by atoms with van der Waals surface area (Å²) in [5, 5.41) is 11.6. The zero-order valence-electron chi connectivity index (χ0n) is 19.4. The molecule has 3 saturated heterocycles. The van der Waals surface area contributed by atoms with E-state index in [0.29, 0.717) is 28.9 Å². The first-order valence-corrected chi connectivity index (χ1v) is 12.2. The fraction of sp³-hybridized carbons (Fsp3) is 0.654. The van der Waals surface area contributed by atoms with Crippen LogP contribution in [0.5, 0.6) is 0 Å². The second-order valence-electron chi connectivity index (χ2n) is 10.5. The van der Waals surface area contributed by atoms with Gasteiger partial charge in [0.05, 0.1) is 23.8 Å². The van der Waals surface area contributed by atoms with Crippen molar-refractivity contribution in [1.82, 2.24) is 4.90 Å². The predicted molar refractivity (Wildman–Crippen MR) is 118 cm³/mol. The van der Waals surface area contributed by atoms with Crippen molar-refractivity contribution in [2.45, 2.75) is 82.5 Å². The summed E-state index contributed by atoms with van der Waals surface area (Å²) in [5.74, 6) is 2.63. The molecule has 172 valence electrons.